The second kappa shape index (κ2) is 14.0. The molecule has 0 fully saturated rings. The van der Waals surface area contributed by atoms with Crippen molar-refractivity contribution in [2.75, 3.05) is 13.2 Å². The van der Waals surface area contributed by atoms with Crippen molar-refractivity contribution in [1.29, 1.82) is 0 Å². The van der Waals surface area contributed by atoms with Crippen LogP contribution in [0.15, 0.2) is 109 Å². The first-order valence-corrected chi connectivity index (χ1v) is 11.4. The van der Waals surface area contributed by atoms with E-state index >= 15 is 0 Å². The van der Waals surface area contributed by atoms with Crippen LogP contribution in [0.2, 0.25) is 0 Å². The number of allylic oxidation sites excluding steroid dienone is 3. The predicted octanol–water partition coefficient (Wildman–Crippen LogP) is 6.66. The molecule has 0 spiro atoms. The van der Waals surface area contributed by atoms with Gasteiger partial charge in [-0.25, -0.2) is 0 Å². The van der Waals surface area contributed by atoms with E-state index < -0.39 is 5.41 Å². The summed E-state index contributed by atoms with van der Waals surface area (Å²) in [5, 5.41) is 0. The Labute approximate surface area is 197 Å². The van der Waals surface area contributed by atoms with Crippen molar-refractivity contribution in [3.63, 3.8) is 0 Å². The smallest absolute Gasteiger partial charge is 0.130 e. The zero-order valence-corrected chi connectivity index (χ0v) is 19.0. The summed E-state index contributed by atoms with van der Waals surface area (Å²) < 4.78 is 11.9. The molecule has 0 unspecified atom stereocenters. The van der Waals surface area contributed by atoms with Gasteiger partial charge in [-0.1, -0.05) is 115 Å². The fourth-order valence-corrected chi connectivity index (χ4v) is 3.48. The molecule has 0 heterocycles. The molecule has 0 saturated heterocycles. The van der Waals surface area contributed by atoms with E-state index in [0.717, 1.165) is 29.4 Å². The van der Waals surface area contributed by atoms with Gasteiger partial charge in [0.15, 0.2) is 0 Å². The molecule has 0 saturated carbocycles. The molecule has 0 aliphatic heterocycles. The van der Waals surface area contributed by atoms with Crippen LogP contribution in [0.5, 0.6) is 0 Å². The second-order valence-electron chi connectivity index (χ2n) is 8.17. The number of hydrogen-bond donors (Lipinski definition) is 0. The molecule has 0 bridgehead atoms. The highest BCUT2D eigenvalue weighted by atomic mass is 16.5. The van der Waals surface area contributed by atoms with Crippen molar-refractivity contribution in [2.24, 2.45) is 5.41 Å². The Kier molecular flexibility index (Phi) is 10.3. The van der Waals surface area contributed by atoms with Crippen LogP contribution in [0.3, 0.4) is 0 Å². The van der Waals surface area contributed by atoms with Gasteiger partial charge in [0, 0.05) is 0 Å². The average molecular weight is 441 g/mol. The van der Waals surface area contributed by atoms with E-state index in [2.05, 4.69) is 24.3 Å². The van der Waals surface area contributed by atoms with E-state index in [0.29, 0.717) is 32.8 Å². The second-order valence-corrected chi connectivity index (χ2v) is 8.17. The minimum atomic E-state index is -0.683. The molecule has 0 aromatic heterocycles. The fourth-order valence-electron chi connectivity index (χ4n) is 3.48. The Bertz CT molecular complexity index is 933. The maximum Gasteiger partial charge on any atom is 0.130 e. The van der Waals surface area contributed by atoms with Crippen LogP contribution in [-0.4, -0.2) is 19.5 Å². The first-order valence-electron chi connectivity index (χ1n) is 11.4. The highest BCUT2D eigenvalue weighted by Gasteiger charge is 2.30. The topological polar surface area (TPSA) is 35.5 Å². The Morgan fingerprint density at radius 1 is 0.667 bits per heavy atom. The van der Waals surface area contributed by atoms with E-state index in [9.17, 15) is 4.79 Å². The largest absolute Gasteiger partial charge is 0.376 e. The molecular weight excluding hydrogens is 408 g/mol. The van der Waals surface area contributed by atoms with Crippen molar-refractivity contribution >= 4 is 12.4 Å². The predicted molar refractivity (Wildman–Crippen MR) is 135 cm³/mol. The fraction of sp³-hybridized carbons (Fsp3) is 0.233. The molecular formula is C30H32O3. The van der Waals surface area contributed by atoms with Gasteiger partial charge in [-0.3, -0.25) is 0 Å². The summed E-state index contributed by atoms with van der Waals surface area (Å²) >= 11 is 0. The summed E-state index contributed by atoms with van der Waals surface area (Å²) in [6.07, 6.45) is 10.6. The van der Waals surface area contributed by atoms with E-state index in [1.165, 1.54) is 0 Å². The number of rotatable bonds is 14. The minimum absolute atomic E-state index is 0.327. The maximum atomic E-state index is 12.2. The molecule has 0 atom stereocenters. The molecule has 3 aromatic carbocycles. The molecule has 0 amide bonds. The third kappa shape index (κ3) is 9.01. The molecule has 170 valence electrons. The van der Waals surface area contributed by atoms with Crippen LogP contribution in [0.4, 0.5) is 0 Å². The van der Waals surface area contributed by atoms with Gasteiger partial charge in [0.05, 0.1) is 31.8 Å². The van der Waals surface area contributed by atoms with Crippen LogP contribution in [-0.2, 0) is 27.5 Å². The number of carbonyl (C=O) groups excluding carboxylic acids is 1. The lowest BCUT2D eigenvalue weighted by Crippen LogP contribution is -2.34. The summed E-state index contributed by atoms with van der Waals surface area (Å²) in [6.45, 7) is 1.61. The number of carbonyl (C=O) groups is 1. The van der Waals surface area contributed by atoms with E-state index in [-0.39, 0.29) is 0 Å². The number of benzene rings is 3. The zero-order valence-electron chi connectivity index (χ0n) is 19.0. The van der Waals surface area contributed by atoms with Gasteiger partial charge < -0.3 is 14.3 Å². The number of aldehydes is 1. The lowest BCUT2D eigenvalue weighted by Gasteiger charge is -2.27. The average Bonchev–Trinajstić information content (AvgIpc) is 2.87. The van der Waals surface area contributed by atoms with Crippen molar-refractivity contribution in [1.82, 2.24) is 0 Å². The third-order valence-corrected chi connectivity index (χ3v) is 5.40. The SMILES string of the molecule is O=CC(CC/C=C/C=C/c1ccccc1)(COCc1ccccc1)COCc1ccccc1. The monoisotopic (exact) mass is 440 g/mol. The van der Waals surface area contributed by atoms with Crippen molar-refractivity contribution in [3.8, 4) is 0 Å². The lowest BCUT2D eigenvalue weighted by atomic mass is 9.86. The number of ether oxygens (including phenoxy) is 2. The van der Waals surface area contributed by atoms with Crippen LogP contribution in [0.25, 0.3) is 6.08 Å². The van der Waals surface area contributed by atoms with Crippen molar-refractivity contribution in [2.45, 2.75) is 26.1 Å². The normalized spacial score (nSPS) is 11.9. The third-order valence-electron chi connectivity index (χ3n) is 5.40. The molecule has 0 aliphatic carbocycles. The molecule has 0 aliphatic rings. The Balaban J connectivity index is 1.55. The molecule has 0 N–H and O–H groups in total. The standard InChI is InChI=1S/C30H32O3/c31-24-30(25-32-22-28-17-9-4-10-18-28,26-33-23-29-19-11-5-12-20-29)21-13-2-1-6-14-27-15-7-3-8-16-27/h1-12,14-20,24H,13,21-23,25-26H2/b2-1+,14-6+. The quantitative estimate of drug-likeness (QED) is 0.208. The van der Waals surface area contributed by atoms with E-state index in [4.69, 9.17) is 9.47 Å². The van der Waals surface area contributed by atoms with Gasteiger partial charge in [0.1, 0.15) is 6.29 Å². The van der Waals surface area contributed by atoms with Crippen molar-refractivity contribution < 1.29 is 14.3 Å². The van der Waals surface area contributed by atoms with E-state index in [1.807, 2.05) is 91.0 Å². The first kappa shape index (κ1) is 24.4. The van der Waals surface area contributed by atoms with Gasteiger partial charge >= 0.3 is 0 Å². The summed E-state index contributed by atoms with van der Waals surface area (Å²) in [6, 6.07) is 30.2. The van der Waals surface area contributed by atoms with Gasteiger partial charge in [-0.05, 0) is 29.5 Å². The lowest BCUT2D eigenvalue weighted by molar-refractivity contribution is -0.126. The van der Waals surface area contributed by atoms with Crippen LogP contribution < -0.4 is 0 Å². The molecule has 3 rings (SSSR count). The maximum absolute atomic E-state index is 12.2. The molecule has 3 heteroatoms. The summed E-state index contributed by atoms with van der Waals surface area (Å²) in [7, 11) is 0. The van der Waals surface area contributed by atoms with Gasteiger partial charge in [-0.15, -0.1) is 0 Å². The number of hydrogen-bond acceptors (Lipinski definition) is 3. The highest BCUT2D eigenvalue weighted by Crippen LogP contribution is 2.24. The van der Waals surface area contributed by atoms with Crippen LogP contribution in [0.1, 0.15) is 29.5 Å². The van der Waals surface area contributed by atoms with Crippen LogP contribution >= 0.6 is 0 Å². The molecule has 3 nitrogen and oxygen atoms in total. The molecule has 3 aromatic rings. The summed E-state index contributed by atoms with van der Waals surface area (Å²) in [4.78, 5) is 12.2. The Hall–Kier alpha value is -3.27. The molecule has 0 radical (unpaired) electrons. The summed E-state index contributed by atoms with van der Waals surface area (Å²) in [5.74, 6) is 0. The zero-order chi connectivity index (χ0) is 23.0. The van der Waals surface area contributed by atoms with Crippen molar-refractivity contribution in [3.05, 3.63) is 126 Å². The Morgan fingerprint density at radius 3 is 1.70 bits per heavy atom. The van der Waals surface area contributed by atoms with E-state index in [1.54, 1.807) is 0 Å². The molecule has 33 heavy (non-hydrogen) atoms. The summed E-state index contributed by atoms with van der Waals surface area (Å²) in [5.41, 5.74) is 2.66. The van der Waals surface area contributed by atoms with Gasteiger partial charge in [0.25, 0.3) is 0 Å². The van der Waals surface area contributed by atoms with Gasteiger partial charge in [0.2, 0.25) is 0 Å². The van der Waals surface area contributed by atoms with Crippen LogP contribution in [0, 0.1) is 5.41 Å². The highest BCUT2D eigenvalue weighted by molar-refractivity contribution is 5.60. The first-order chi connectivity index (χ1) is 16.3. The minimum Gasteiger partial charge on any atom is -0.376 e. The van der Waals surface area contributed by atoms with Gasteiger partial charge in [-0.2, -0.15) is 0 Å². The Morgan fingerprint density at radius 2 is 1.18 bits per heavy atom.